The van der Waals surface area contributed by atoms with Crippen LogP contribution in [0.15, 0.2) is 85.5 Å². The Kier molecular flexibility index (Phi) is 15.7. The molecule has 2 aliphatic heterocycles. The SMILES string of the molecule is C[C@H]1CN(c2ccc(C(F)(F)F)cc2)C(=O)c2c(C#Cc3cnc(N)cc3CBr)cnn21.Cc1cc(C[18F])c(C#Cc2cnn3c2C(=O)N(c2ccc(C(F)(F)F)cc2)C[C@@H]3C)cn1.S.S. The third kappa shape index (κ3) is 10.7. The first-order chi connectivity index (χ1) is 30.4. The van der Waals surface area contributed by atoms with E-state index in [1.165, 1.54) is 52.7 Å². The third-order valence-electron chi connectivity index (χ3n) is 10.3. The van der Waals surface area contributed by atoms with Gasteiger partial charge < -0.3 is 15.5 Å². The Bertz CT molecular complexity index is 2690. The van der Waals surface area contributed by atoms with Gasteiger partial charge in [0.05, 0.1) is 46.7 Å². The molecular weight excluding hydrogens is 975 g/mol. The van der Waals surface area contributed by atoms with Crippen LogP contribution in [0.25, 0.3) is 0 Å². The number of hydrogen-bond acceptors (Lipinski definition) is 7. The normalized spacial score (nSPS) is 15.4. The van der Waals surface area contributed by atoms with E-state index in [0.717, 1.165) is 29.8 Å². The summed E-state index contributed by atoms with van der Waals surface area (Å²) in [5, 5.41) is 9.10. The van der Waals surface area contributed by atoms with Crippen molar-refractivity contribution in [2.45, 2.75) is 57.2 Å². The number of fused-ring (bicyclic) bond motifs is 2. The Morgan fingerprint density at radius 3 is 1.47 bits per heavy atom. The van der Waals surface area contributed by atoms with Crippen molar-refractivity contribution < 1.29 is 40.3 Å². The molecule has 0 radical (unpaired) electrons. The summed E-state index contributed by atoms with van der Waals surface area (Å²) in [5.41, 5.74) is 9.19. The van der Waals surface area contributed by atoms with Crippen molar-refractivity contribution in [1.29, 1.82) is 0 Å². The summed E-state index contributed by atoms with van der Waals surface area (Å²) in [6, 6.07) is 11.9. The first kappa shape index (κ1) is 50.7. The molecule has 66 heavy (non-hydrogen) atoms. The molecule has 6 aromatic rings. The number of nitrogens with two attached hydrogens (primary N) is 1. The predicted octanol–water partition coefficient (Wildman–Crippen LogP) is 9.32. The second kappa shape index (κ2) is 20.5. The Labute approximate surface area is 396 Å². The van der Waals surface area contributed by atoms with Crippen molar-refractivity contribution >= 4 is 71.9 Å². The fraction of sp³-hybridized carbons (Fsp3) is 0.244. The first-order valence-corrected chi connectivity index (χ1v) is 20.5. The van der Waals surface area contributed by atoms with Crippen molar-refractivity contribution in [2.75, 3.05) is 28.6 Å². The molecule has 21 heteroatoms. The van der Waals surface area contributed by atoms with Crippen LogP contribution in [0.4, 0.5) is 47.9 Å². The van der Waals surface area contributed by atoms with E-state index < -0.39 is 36.1 Å². The largest absolute Gasteiger partial charge is 0.416 e. The highest BCUT2D eigenvalue weighted by Crippen LogP contribution is 2.35. The third-order valence-corrected chi connectivity index (χ3v) is 10.9. The van der Waals surface area contributed by atoms with E-state index in [1.807, 2.05) is 13.8 Å². The molecular formula is C45H39BrF7N9O2S2. The van der Waals surface area contributed by atoms with Gasteiger partial charge in [-0.2, -0.15) is 63.5 Å². The minimum Gasteiger partial charge on any atom is -0.384 e. The highest BCUT2D eigenvalue weighted by molar-refractivity contribution is 9.08. The first-order valence-electron chi connectivity index (χ1n) is 19.4. The van der Waals surface area contributed by atoms with Crippen LogP contribution in [-0.4, -0.2) is 54.4 Å². The predicted molar refractivity (Wildman–Crippen MR) is 248 cm³/mol. The lowest BCUT2D eigenvalue weighted by atomic mass is 10.1. The van der Waals surface area contributed by atoms with Crippen molar-refractivity contribution in [1.82, 2.24) is 29.5 Å². The number of rotatable bonds is 4. The molecule has 0 spiro atoms. The zero-order valence-electron chi connectivity index (χ0n) is 35.1. The second-order valence-corrected chi connectivity index (χ2v) is 15.4. The average Bonchev–Trinajstić information content (AvgIpc) is 3.91. The maximum absolute atomic E-state index is 13.3. The number of aromatic nitrogens is 6. The molecule has 344 valence electrons. The van der Waals surface area contributed by atoms with Crippen LogP contribution >= 0.6 is 42.9 Å². The lowest BCUT2D eigenvalue weighted by molar-refractivity contribution is -0.138. The average molecular weight is 1010 g/mol. The molecule has 0 fully saturated rings. The van der Waals surface area contributed by atoms with Gasteiger partial charge in [0.2, 0.25) is 0 Å². The van der Waals surface area contributed by atoms with Crippen molar-refractivity contribution in [3.8, 4) is 23.7 Å². The maximum Gasteiger partial charge on any atom is 0.416 e. The molecule has 8 rings (SSSR count). The number of amides is 2. The molecule has 2 atom stereocenters. The van der Waals surface area contributed by atoms with Crippen LogP contribution in [0.1, 0.15) is 97.1 Å². The summed E-state index contributed by atoms with van der Waals surface area (Å²) in [4.78, 5) is 37.5. The topological polar surface area (TPSA) is 128 Å². The van der Waals surface area contributed by atoms with Crippen molar-refractivity contribution in [3.63, 3.8) is 0 Å². The number of anilines is 3. The lowest BCUT2D eigenvalue weighted by Crippen LogP contribution is -2.43. The number of nitrogen functional groups attached to an aromatic ring is 1. The van der Waals surface area contributed by atoms with E-state index >= 15 is 0 Å². The molecule has 2 amide bonds. The van der Waals surface area contributed by atoms with Crippen molar-refractivity contribution in [2.24, 2.45) is 0 Å². The number of pyridine rings is 2. The van der Waals surface area contributed by atoms with E-state index in [-0.39, 0.29) is 63.8 Å². The van der Waals surface area contributed by atoms with E-state index in [2.05, 4.69) is 59.8 Å². The van der Waals surface area contributed by atoms with Gasteiger partial charge in [0.25, 0.3) is 11.8 Å². The standard InChI is InChI=1S/C23H18F4N4O.C22H17BrF3N5O.2H2S/c1-14-9-18(10-24)16(11-28-14)3-4-17-12-29-31-15(2)13-30(22(32)21(17)31)20-7-5-19(6-8-20)23(25,26)27;1-13-12-30(18-6-4-17(5-7-18)22(24,25)26)21(32)20-15(11-29-31(13)20)3-2-14-10-28-19(27)8-16(14)9-23;;/h5-9,11-12,15H,10,13H2,1-2H3;4-8,10-11,13H,9,12H2,1H3,(H2,27,28);2*1H2/t15-;13-;;/m00../s1/i24-1;;;. The summed E-state index contributed by atoms with van der Waals surface area (Å²) in [6.07, 6.45) is -2.87. The number of hydrogen-bond donors (Lipinski definition) is 1. The van der Waals surface area contributed by atoms with Crippen LogP contribution in [-0.2, 0) is 24.4 Å². The summed E-state index contributed by atoms with van der Waals surface area (Å²) in [7, 11) is 0. The Morgan fingerprint density at radius 1 is 0.652 bits per heavy atom. The highest BCUT2D eigenvalue weighted by Gasteiger charge is 2.36. The fourth-order valence-corrected chi connectivity index (χ4v) is 7.52. The monoisotopic (exact) mass is 1010 g/mol. The van der Waals surface area contributed by atoms with E-state index in [0.29, 0.717) is 61.7 Å². The maximum atomic E-state index is 13.3. The van der Waals surface area contributed by atoms with Crippen LogP contribution in [0.2, 0.25) is 0 Å². The highest BCUT2D eigenvalue weighted by atomic mass is 79.9. The van der Waals surface area contributed by atoms with E-state index in [9.17, 15) is 40.3 Å². The minimum atomic E-state index is -4.46. The Balaban J connectivity index is 0.000000240. The molecule has 0 aliphatic carbocycles. The smallest absolute Gasteiger partial charge is 0.384 e. The van der Waals surface area contributed by atoms with E-state index in [1.54, 1.807) is 34.6 Å². The van der Waals surface area contributed by atoms with E-state index in [4.69, 9.17) is 5.73 Å². The second-order valence-electron chi connectivity index (χ2n) is 14.8. The number of alkyl halides is 8. The van der Waals surface area contributed by atoms with Crippen LogP contribution in [0, 0.1) is 30.6 Å². The van der Waals surface area contributed by atoms with Gasteiger partial charge in [0, 0.05) is 64.6 Å². The van der Waals surface area contributed by atoms with Gasteiger partial charge in [-0.1, -0.05) is 39.6 Å². The van der Waals surface area contributed by atoms with Gasteiger partial charge >= 0.3 is 12.4 Å². The molecule has 6 heterocycles. The van der Waals surface area contributed by atoms with Gasteiger partial charge in [0.1, 0.15) is 23.9 Å². The fourth-order valence-electron chi connectivity index (χ4n) is 7.06. The molecule has 0 saturated carbocycles. The van der Waals surface area contributed by atoms with Crippen LogP contribution < -0.4 is 15.5 Å². The van der Waals surface area contributed by atoms with Gasteiger partial charge in [-0.05, 0) is 87.0 Å². The molecule has 4 aromatic heterocycles. The zero-order valence-corrected chi connectivity index (χ0v) is 38.6. The summed E-state index contributed by atoms with van der Waals surface area (Å²) < 4.78 is 93.8. The van der Waals surface area contributed by atoms with Crippen LogP contribution in [0.3, 0.4) is 0 Å². The lowest BCUT2D eigenvalue weighted by Gasteiger charge is -2.32. The zero-order chi connectivity index (χ0) is 46.1. The Hall–Kier alpha value is -6.29. The summed E-state index contributed by atoms with van der Waals surface area (Å²) in [6.45, 7) is 5.31. The molecule has 2 aromatic carbocycles. The summed E-state index contributed by atoms with van der Waals surface area (Å²) in [5.74, 6) is 11.3. The number of halogens is 8. The molecule has 2 aliphatic rings. The number of carbonyl (C=O) groups excluding carboxylic acids is 2. The minimum absolute atomic E-state index is 0. The number of carbonyl (C=O) groups is 2. The van der Waals surface area contributed by atoms with Gasteiger partial charge in [-0.3, -0.25) is 23.9 Å². The van der Waals surface area contributed by atoms with Gasteiger partial charge in [0.15, 0.2) is 0 Å². The Morgan fingerprint density at radius 2 is 1.06 bits per heavy atom. The molecule has 0 bridgehead atoms. The summed E-state index contributed by atoms with van der Waals surface area (Å²) >= 11 is 3.39. The molecule has 11 nitrogen and oxygen atoms in total. The molecule has 2 N–H and O–H groups in total. The van der Waals surface area contributed by atoms with Crippen LogP contribution in [0.5, 0.6) is 0 Å². The van der Waals surface area contributed by atoms with Gasteiger partial charge in [-0.25, -0.2) is 9.37 Å². The number of aryl methyl sites for hydroxylation is 1. The molecule has 0 saturated heterocycles. The molecule has 0 unspecified atom stereocenters. The van der Waals surface area contributed by atoms with Gasteiger partial charge in [-0.15, -0.1) is 0 Å². The quantitative estimate of drug-likeness (QED) is 0.106. The number of nitrogens with zero attached hydrogens (tertiary/aromatic N) is 8. The van der Waals surface area contributed by atoms with Crippen molar-refractivity contribution in [3.05, 3.63) is 147 Å². The number of benzene rings is 2.